The van der Waals surface area contributed by atoms with Gasteiger partial charge in [0, 0.05) is 6.66 Å². The summed E-state index contributed by atoms with van der Waals surface area (Å²) in [4.78, 5) is 0. The molecule has 0 atom stereocenters. The quantitative estimate of drug-likeness (QED) is 0.188. The largest absolute Gasteiger partial charge is 0.277 e. The van der Waals surface area contributed by atoms with Crippen molar-refractivity contribution < 1.29 is 0 Å². The van der Waals surface area contributed by atoms with Crippen LogP contribution in [0.2, 0.25) is 0 Å². The molecule has 0 saturated heterocycles. The number of hydrogen-bond acceptors (Lipinski definition) is 0. The van der Waals surface area contributed by atoms with Crippen molar-refractivity contribution in [2.75, 3.05) is 6.66 Å². The third-order valence-corrected chi connectivity index (χ3v) is 14.9. The summed E-state index contributed by atoms with van der Waals surface area (Å²) in [5.41, 5.74) is 1.32. The van der Waals surface area contributed by atoms with E-state index in [-0.39, 0.29) is 0 Å². The Kier molecular flexibility index (Phi) is 7.03. The van der Waals surface area contributed by atoms with Crippen LogP contribution in [0.25, 0.3) is 0 Å². The van der Waals surface area contributed by atoms with E-state index < -0.39 is 14.1 Å². The Hall–Kier alpha value is -3.33. The zero-order chi connectivity index (χ0) is 24.0. The van der Waals surface area contributed by atoms with Gasteiger partial charge in [0.25, 0.3) is 14.1 Å². The van der Waals surface area contributed by atoms with Crippen LogP contribution in [-0.2, 0) is 6.16 Å². The third-order valence-electron chi connectivity index (χ3n) is 6.47. The molecule has 0 bridgehead atoms. The van der Waals surface area contributed by atoms with Gasteiger partial charge in [-0.1, -0.05) is 103 Å². The molecule has 0 radical (unpaired) electrons. The first-order valence-electron chi connectivity index (χ1n) is 12.0. The molecule has 0 amide bonds. The molecule has 5 aromatic rings. The van der Waals surface area contributed by atoms with Crippen LogP contribution in [-0.4, -0.2) is 6.66 Å². The Balaban J connectivity index is 2.02. The highest BCUT2D eigenvalue weighted by atomic mass is 31.2. The highest BCUT2D eigenvalue weighted by molar-refractivity contribution is 7.86. The molecule has 0 spiro atoms. The first-order chi connectivity index (χ1) is 17.2. The zero-order valence-electron chi connectivity index (χ0n) is 20.0. The van der Waals surface area contributed by atoms with Crippen LogP contribution in [0.15, 0.2) is 152 Å². The van der Waals surface area contributed by atoms with Gasteiger partial charge in [-0.05, 0) is 54.1 Å². The standard InChI is InChI=1S/C32H30NP2/c1-34(29-19-9-3-10-20-29,30-21-11-4-12-22-30)33-35(31-23-13-5-14-24-31,32-25-15-6-16-26-32)27-28-17-7-2-8-18-28/h2-26H,27H2,1H3/q+1. The Morgan fingerprint density at radius 2 is 0.743 bits per heavy atom. The minimum Gasteiger partial charge on any atom is -0.157 e. The van der Waals surface area contributed by atoms with Gasteiger partial charge in [0.15, 0.2) is 0 Å². The second kappa shape index (κ2) is 10.5. The molecular formula is C32H30NP2+. The molecule has 0 unspecified atom stereocenters. The second-order valence-electron chi connectivity index (χ2n) is 8.80. The Morgan fingerprint density at radius 1 is 0.429 bits per heavy atom. The molecule has 3 heteroatoms. The first kappa shape index (κ1) is 23.4. The highest BCUT2D eigenvalue weighted by Crippen LogP contribution is 2.51. The molecule has 0 aromatic heterocycles. The maximum Gasteiger partial charge on any atom is 0.277 e. The van der Waals surface area contributed by atoms with E-state index in [1.54, 1.807) is 0 Å². The van der Waals surface area contributed by atoms with E-state index in [0.29, 0.717) is 0 Å². The monoisotopic (exact) mass is 490 g/mol. The maximum absolute atomic E-state index is 6.14. The lowest BCUT2D eigenvalue weighted by Crippen LogP contribution is -2.23. The SMILES string of the molecule is CP(=[N+]=P(Cc1ccccc1)(c1ccccc1)c1ccccc1)(c1ccccc1)c1ccccc1. The van der Waals surface area contributed by atoms with Crippen molar-refractivity contribution in [3.05, 3.63) is 157 Å². The molecule has 1 nitrogen and oxygen atoms in total. The molecule has 0 aliphatic rings. The van der Waals surface area contributed by atoms with Crippen LogP contribution in [0.4, 0.5) is 0 Å². The summed E-state index contributed by atoms with van der Waals surface area (Å²) >= 11 is 0. The third kappa shape index (κ3) is 4.91. The summed E-state index contributed by atoms with van der Waals surface area (Å²) < 4.78 is 6.14. The van der Waals surface area contributed by atoms with E-state index in [0.717, 1.165) is 6.16 Å². The molecule has 0 heterocycles. The molecule has 35 heavy (non-hydrogen) atoms. The molecule has 0 N–H and O–H groups in total. The summed E-state index contributed by atoms with van der Waals surface area (Å²) in [5.74, 6) is 0. The van der Waals surface area contributed by atoms with Crippen LogP contribution in [0.3, 0.4) is 0 Å². The summed E-state index contributed by atoms with van der Waals surface area (Å²) in [7, 11) is -4.29. The van der Waals surface area contributed by atoms with Crippen molar-refractivity contribution in [1.82, 2.24) is 4.17 Å². The van der Waals surface area contributed by atoms with Crippen LogP contribution in [0, 0.1) is 0 Å². The van der Waals surface area contributed by atoms with Crippen LogP contribution < -0.4 is 25.4 Å². The smallest absolute Gasteiger partial charge is 0.157 e. The zero-order valence-corrected chi connectivity index (χ0v) is 21.8. The van der Waals surface area contributed by atoms with E-state index in [1.165, 1.54) is 26.8 Å². The fourth-order valence-electron chi connectivity index (χ4n) is 4.66. The van der Waals surface area contributed by atoms with Gasteiger partial charge in [-0.2, -0.15) is 4.17 Å². The highest BCUT2D eigenvalue weighted by Gasteiger charge is 2.39. The summed E-state index contributed by atoms with van der Waals surface area (Å²) in [6, 6.07) is 54.7. The average molecular weight is 491 g/mol. The molecule has 0 saturated carbocycles. The molecule has 0 aliphatic heterocycles. The van der Waals surface area contributed by atoms with E-state index >= 15 is 0 Å². The summed E-state index contributed by atoms with van der Waals surface area (Å²) in [6.45, 7) is 2.39. The normalized spacial score (nSPS) is 11.6. The summed E-state index contributed by atoms with van der Waals surface area (Å²) in [5, 5.41) is 5.28. The fraction of sp³-hybridized carbons (Fsp3) is 0.0625. The van der Waals surface area contributed by atoms with Gasteiger partial charge in [-0.15, -0.1) is 0 Å². The van der Waals surface area contributed by atoms with Crippen LogP contribution in [0.5, 0.6) is 0 Å². The predicted octanol–water partition coefficient (Wildman–Crippen LogP) is 6.59. The molecule has 0 fully saturated rings. The van der Waals surface area contributed by atoms with Crippen molar-refractivity contribution >= 4 is 35.3 Å². The maximum atomic E-state index is 6.14. The molecule has 5 aromatic carbocycles. The van der Waals surface area contributed by atoms with Crippen molar-refractivity contribution in [1.29, 1.82) is 0 Å². The Morgan fingerprint density at radius 3 is 1.11 bits per heavy atom. The van der Waals surface area contributed by atoms with Gasteiger partial charge in [0.05, 0.1) is 27.4 Å². The average Bonchev–Trinajstić information content (AvgIpc) is 2.95. The van der Waals surface area contributed by atoms with Gasteiger partial charge in [-0.25, -0.2) is 0 Å². The minimum absolute atomic E-state index is 0.900. The van der Waals surface area contributed by atoms with Gasteiger partial charge in [0.1, 0.15) is 0 Å². The van der Waals surface area contributed by atoms with Crippen molar-refractivity contribution in [2.24, 2.45) is 0 Å². The molecule has 5 rings (SSSR count). The van der Waals surface area contributed by atoms with Crippen molar-refractivity contribution in [3.63, 3.8) is 0 Å². The minimum atomic E-state index is -2.20. The van der Waals surface area contributed by atoms with Gasteiger partial charge in [0.2, 0.25) is 0 Å². The van der Waals surface area contributed by atoms with Crippen molar-refractivity contribution in [3.8, 4) is 0 Å². The number of nitrogens with zero attached hydrogens (tertiary/aromatic N) is 1. The van der Waals surface area contributed by atoms with E-state index in [2.05, 4.69) is 158 Å². The number of rotatable bonds is 6. The van der Waals surface area contributed by atoms with E-state index in [4.69, 9.17) is 4.17 Å². The lowest BCUT2D eigenvalue weighted by Gasteiger charge is -2.18. The van der Waals surface area contributed by atoms with E-state index in [1.807, 2.05) is 0 Å². The van der Waals surface area contributed by atoms with Gasteiger partial charge < -0.3 is 0 Å². The Bertz CT molecular complexity index is 1400. The van der Waals surface area contributed by atoms with Gasteiger partial charge >= 0.3 is 0 Å². The van der Waals surface area contributed by atoms with Crippen LogP contribution >= 0.6 is 14.1 Å². The molecule has 172 valence electrons. The topological polar surface area (TPSA) is 14.1 Å². The lowest BCUT2D eigenvalue weighted by atomic mass is 10.2. The van der Waals surface area contributed by atoms with E-state index in [9.17, 15) is 0 Å². The second-order valence-corrected chi connectivity index (χ2v) is 15.4. The van der Waals surface area contributed by atoms with Gasteiger partial charge in [-0.3, -0.25) is 0 Å². The molecular weight excluding hydrogens is 460 g/mol. The Labute approximate surface area is 209 Å². The number of hydrogen-bond donors (Lipinski definition) is 0. The predicted molar refractivity (Wildman–Crippen MR) is 156 cm³/mol. The van der Waals surface area contributed by atoms with Crippen molar-refractivity contribution in [2.45, 2.75) is 6.16 Å². The lowest BCUT2D eigenvalue weighted by molar-refractivity contribution is 1.38. The summed E-state index contributed by atoms with van der Waals surface area (Å²) in [6.07, 6.45) is 0.900. The fourth-order valence-corrected chi connectivity index (χ4v) is 13.5. The first-order valence-corrected chi connectivity index (χ1v) is 16.1. The number of benzene rings is 5. The molecule has 0 aliphatic carbocycles. The van der Waals surface area contributed by atoms with Crippen LogP contribution in [0.1, 0.15) is 5.56 Å².